The van der Waals surface area contributed by atoms with Crippen molar-refractivity contribution in [3.05, 3.63) is 35.9 Å². The van der Waals surface area contributed by atoms with E-state index in [1.807, 2.05) is 0 Å². The SMILES string of the molecule is C#C.CC(C)(C)c1ccccc1. The highest BCUT2D eigenvalue weighted by Gasteiger charge is 2.11. The maximum absolute atomic E-state index is 4.00. The van der Waals surface area contributed by atoms with Gasteiger partial charge in [0.25, 0.3) is 0 Å². The zero-order chi connectivity index (χ0) is 9.61. The fourth-order valence-electron chi connectivity index (χ4n) is 0.938. The van der Waals surface area contributed by atoms with Crippen LogP contribution in [-0.4, -0.2) is 0 Å². The molecule has 64 valence electrons. The predicted molar refractivity (Wildman–Crippen MR) is 55.0 cm³/mol. The Balaban J connectivity index is 0.000000561. The molecule has 0 nitrogen and oxygen atoms in total. The Labute approximate surface area is 75.6 Å². The Morgan fingerprint density at radius 1 is 0.917 bits per heavy atom. The van der Waals surface area contributed by atoms with Crippen molar-refractivity contribution < 1.29 is 0 Å². The van der Waals surface area contributed by atoms with Crippen molar-refractivity contribution in [1.82, 2.24) is 0 Å². The summed E-state index contributed by atoms with van der Waals surface area (Å²) in [7, 11) is 0. The monoisotopic (exact) mass is 160 g/mol. The number of terminal acetylenes is 1. The van der Waals surface area contributed by atoms with E-state index >= 15 is 0 Å². The van der Waals surface area contributed by atoms with Crippen molar-refractivity contribution in [2.24, 2.45) is 0 Å². The molecule has 0 saturated carbocycles. The van der Waals surface area contributed by atoms with E-state index in [0.717, 1.165) is 0 Å². The summed E-state index contributed by atoms with van der Waals surface area (Å²) in [6, 6.07) is 10.6. The van der Waals surface area contributed by atoms with Gasteiger partial charge in [-0.15, -0.1) is 12.8 Å². The molecule has 1 aromatic carbocycles. The second kappa shape index (κ2) is 4.62. The summed E-state index contributed by atoms with van der Waals surface area (Å²) in [5.41, 5.74) is 1.69. The molecule has 0 N–H and O–H groups in total. The van der Waals surface area contributed by atoms with Crippen LogP contribution in [0.5, 0.6) is 0 Å². The molecule has 0 heteroatoms. The van der Waals surface area contributed by atoms with Gasteiger partial charge in [0.05, 0.1) is 0 Å². The molecule has 0 spiro atoms. The van der Waals surface area contributed by atoms with E-state index in [4.69, 9.17) is 0 Å². The van der Waals surface area contributed by atoms with Crippen LogP contribution >= 0.6 is 0 Å². The first kappa shape index (κ1) is 10.8. The molecule has 0 fully saturated rings. The van der Waals surface area contributed by atoms with Gasteiger partial charge in [-0.05, 0) is 11.0 Å². The van der Waals surface area contributed by atoms with Gasteiger partial charge in [-0.25, -0.2) is 0 Å². The summed E-state index contributed by atoms with van der Waals surface area (Å²) in [5, 5.41) is 0. The Kier molecular flexibility index (Phi) is 4.15. The zero-order valence-electron chi connectivity index (χ0n) is 8.04. The van der Waals surface area contributed by atoms with Gasteiger partial charge in [-0.2, -0.15) is 0 Å². The van der Waals surface area contributed by atoms with Crippen molar-refractivity contribution in [2.75, 3.05) is 0 Å². The molecule has 0 aliphatic rings. The fraction of sp³-hybridized carbons (Fsp3) is 0.333. The first-order valence-corrected chi connectivity index (χ1v) is 3.99. The van der Waals surface area contributed by atoms with Gasteiger partial charge in [-0.3, -0.25) is 0 Å². The van der Waals surface area contributed by atoms with Gasteiger partial charge in [-0.1, -0.05) is 51.1 Å². The van der Waals surface area contributed by atoms with Crippen LogP contribution in [0.15, 0.2) is 30.3 Å². The number of benzene rings is 1. The van der Waals surface area contributed by atoms with E-state index in [-0.39, 0.29) is 0 Å². The lowest BCUT2D eigenvalue weighted by Gasteiger charge is -2.18. The maximum Gasteiger partial charge on any atom is -0.0132 e. The minimum Gasteiger partial charge on any atom is -0.124 e. The molecule has 0 aliphatic carbocycles. The second-order valence-electron chi connectivity index (χ2n) is 3.62. The predicted octanol–water partition coefficient (Wildman–Crippen LogP) is 3.23. The van der Waals surface area contributed by atoms with Gasteiger partial charge in [0.2, 0.25) is 0 Å². The molecule has 1 aromatic rings. The third-order valence-corrected chi connectivity index (χ3v) is 1.64. The smallest absolute Gasteiger partial charge is 0.0132 e. The van der Waals surface area contributed by atoms with Crippen molar-refractivity contribution in [3.63, 3.8) is 0 Å². The van der Waals surface area contributed by atoms with Gasteiger partial charge < -0.3 is 0 Å². The van der Waals surface area contributed by atoms with Crippen LogP contribution in [-0.2, 0) is 5.41 Å². The Bertz CT molecular complexity index is 223. The summed E-state index contributed by atoms with van der Waals surface area (Å²) in [4.78, 5) is 0. The molecule has 0 saturated heterocycles. The van der Waals surface area contributed by atoms with Gasteiger partial charge in [0, 0.05) is 0 Å². The molecular formula is C12H16. The molecule has 12 heavy (non-hydrogen) atoms. The molecule has 0 bridgehead atoms. The lowest BCUT2D eigenvalue weighted by molar-refractivity contribution is 0.590. The van der Waals surface area contributed by atoms with Crippen LogP contribution in [0.25, 0.3) is 0 Å². The van der Waals surface area contributed by atoms with E-state index in [0.29, 0.717) is 5.41 Å². The lowest BCUT2D eigenvalue weighted by Crippen LogP contribution is -2.10. The highest BCUT2D eigenvalue weighted by atomic mass is 14.2. The molecule has 0 aliphatic heterocycles. The molecular weight excluding hydrogens is 144 g/mol. The maximum atomic E-state index is 4.00. The number of rotatable bonds is 0. The largest absolute Gasteiger partial charge is 0.124 e. The van der Waals surface area contributed by atoms with Gasteiger partial charge >= 0.3 is 0 Å². The topological polar surface area (TPSA) is 0 Å². The second-order valence-corrected chi connectivity index (χ2v) is 3.62. The van der Waals surface area contributed by atoms with Crippen molar-refractivity contribution in [2.45, 2.75) is 26.2 Å². The van der Waals surface area contributed by atoms with Crippen molar-refractivity contribution >= 4 is 0 Å². The third-order valence-electron chi connectivity index (χ3n) is 1.64. The van der Waals surface area contributed by atoms with E-state index < -0.39 is 0 Å². The van der Waals surface area contributed by atoms with E-state index in [1.54, 1.807) is 0 Å². The molecule has 1 rings (SSSR count). The van der Waals surface area contributed by atoms with Crippen molar-refractivity contribution in [1.29, 1.82) is 0 Å². The minimum absolute atomic E-state index is 0.293. The Morgan fingerprint density at radius 2 is 1.33 bits per heavy atom. The van der Waals surface area contributed by atoms with E-state index in [1.165, 1.54) is 5.56 Å². The highest BCUT2D eigenvalue weighted by molar-refractivity contribution is 5.21. The van der Waals surface area contributed by atoms with Crippen molar-refractivity contribution in [3.8, 4) is 12.8 Å². The summed E-state index contributed by atoms with van der Waals surface area (Å²) >= 11 is 0. The van der Waals surface area contributed by atoms with Crippen LogP contribution in [0.4, 0.5) is 0 Å². The van der Waals surface area contributed by atoms with Crippen LogP contribution in [0.3, 0.4) is 0 Å². The molecule has 0 radical (unpaired) electrons. The van der Waals surface area contributed by atoms with Crippen LogP contribution in [0, 0.1) is 12.8 Å². The Morgan fingerprint density at radius 3 is 1.58 bits per heavy atom. The normalized spacial score (nSPS) is 9.75. The number of hydrogen-bond acceptors (Lipinski definition) is 0. The standard InChI is InChI=1S/C10H14.C2H2/c1-10(2,3)9-7-5-4-6-8-9;1-2/h4-8H,1-3H3;1-2H. The Hall–Kier alpha value is -1.22. The van der Waals surface area contributed by atoms with E-state index in [9.17, 15) is 0 Å². The van der Waals surface area contributed by atoms with Gasteiger partial charge in [0.15, 0.2) is 0 Å². The molecule has 0 aromatic heterocycles. The van der Waals surface area contributed by atoms with Crippen LogP contribution in [0.2, 0.25) is 0 Å². The number of hydrogen-bond donors (Lipinski definition) is 0. The van der Waals surface area contributed by atoms with Gasteiger partial charge in [0.1, 0.15) is 0 Å². The molecule has 0 unspecified atom stereocenters. The fourth-order valence-corrected chi connectivity index (χ4v) is 0.938. The minimum atomic E-state index is 0.293. The highest BCUT2D eigenvalue weighted by Crippen LogP contribution is 2.20. The summed E-state index contributed by atoms with van der Waals surface area (Å²) in [5.74, 6) is 0. The first-order valence-electron chi connectivity index (χ1n) is 3.99. The van der Waals surface area contributed by atoms with Crippen LogP contribution in [0.1, 0.15) is 26.3 Å². The summed E-state index contributed by atoms with van der Waals surface area (Å²) < 4.78 is 0. The molecule has 0 atom stereocenters. The average molecular weight is 160 g/mol. The third kappa shape index (κ3) is 3.25. The molecule has 0 amide bonds. The summed E-state index contributed by atoms with van der Waals surface area (Å²) in [6.45, 7) is 6.67. The summed E-state index contributed by atoms with van der Waals surface area (Å²) in [6.07, 6.45) is 8.00. The van der Waals surface area contributed by atoms with Crippen LogP contribution < -0.4 is 0 Å². The van der Waals surface area contributed by atoms with E-state index in [2.05, 4.69) is 63.9 Å². The molecule has 0 heterocycles. The quantitative estimate of drug-likeness (QED) is 0.511. The zero-order valence-corrected chi connectivity index (χ0v) is 8.04. The average Bonchev–Trinajstić information content (AvgIpc) is 2.08. The lowest BCUT2D eigenvalue weighted by atomic mass is 9.87. The first-order chi connectivity index (χ1) is 5.61.